The minimum Gasteiger partial charge on any atom is -0.381 e. The third-order valence-corrected chi connectivity index (χ3v) is 0.707. The van der Waals surface area contributed by atoms with Crippen molar-refractivity contribution >= 4 is 5.91 Å². The second-order valence-corrected chi connectivity index (χ2v) is 2.20. The molecule has 0 bridgehead atoms. The number of rotatable bonds is 2. The van der Waals surface area contributed by atoms with E-state index in [2.05, 4.69) is 12.2 Å². The molecule has 0 saturated carbocycles. The standard InChI is InChI=1S/C6H12NO.Y/c1-5(2)4-7-6(3)8;/h5H,3-4H2,1-2H3,(H,7,8);/q-1;. The van der Waals surface area contributed by atoms with Gasteiger partial charge in [-0.2, -0.15) is 0 Å². The molecular formula is C6H12NOY-. The third-order valence-electron chi connectivity index (χ3n) is 0.707. The third kappa shape index (κ3) is 11.8. The largest absolute Gasteiger partial charge is 0.381 e. The molecule has 2 nitrogen and oxygen atoms in total. The monoisotopic (exact) mass is 203 g/mol. The number of nitrogens with one attached hydrogen (secondary N) is 1. The molecule has 1 radical (unpaired) electrons. The molecule has 1 N–H and O–H groups in total. The molecular weight excluding hydrogens is 191 g/mol. The molecule has 0 fully saturated rings. The predicted octanol–water partition coefficient (Wildman–Crippen LogP) is 0.590. The summed E-state index contributed by atoms with van der Waals surface area (Å²) in [5, 5.41) is 2.59. The van der Waals surface area contributed by atoms with Crippen molar-refractivity contribution in [1.82, 2.24) is 5.32 Å². The zero-order valence-electron chi connectivity index (χ0n) is 5.98. The molecule has 0 unspecified atom stereocenters. The molecule has 0 rings (SSSR count). The molecule has 0 aliphatic carbocycles. The minimum absolute atomic E-state index is 0. The van der Waals surface area contributed by atoms with Crippen LogP contribution in [0.4, 0.5) is 0 Å². The first kappa shape index (κ1) is 12.2. The van der Waals surface area contributed by atoms with Crippen LogP contribution in [0.5, 0.6) is 0 Å². The van der Waals surface area contributed by atoms with E-state index in [0.29, 0.717) is 5.92 Å². The van der Waals surface area contributed by atoms with E-state index in [1.807, 2.05) is 13.8 Å². The molecule has 0 aliphatic rings. The van der Waals surface area contributed by atoms with Crippen molar-refractivity contribution < 1.29 is 37.5 Å². The van der Waals surface area contributed by atoms with Crippen LogP contribution in [0.1, 0.15) is 13.8 Å². The van der Waals surface area contributed by atoms with Gasteiger partial charge in [0.05, 0.1) is 5.91 Å². The summed E-state index contributed by atoms with van der Waals surface area (Å²) in [5.74, 6) is 0.319. The molecule has 1 amide bonds. The van der Waals surface area contributed by atoms with Crippen molar-refractivity contribution in [3.05, 3.63) is 6.92 Å². The number of hydrogen-bond donors (Lipinski definition) is 1. The van der Waals surface area contributed by atoms with Gasteiger partial charge in [0.2, 0.25) is 0 Å². The average molecular weight is 203 g/mol. The molecule has 0 saturated heterocycles. The van der Waals surface area contributed by atoms with Crippen molar-refractivity contribution in [2.24, 2.45) is 5.92 Å². The Kier molecular flexibility index (Phi) is 8.86. The zero-order valence-corrected chi connectivity index (χ0v) is 8.82. The normalized spacial score (nSPS) is 8.33. The molecule has 3 heteroatoms. The van der Waals surface area contributed by atoms with E-state index in [-0.39, 0.29) is 38.6 Å². The first-order valence-electron chi connectivity index (χ1n) is 2.72. The van der Waals surface area contributed by atoms with Gasteiger partial charge in [0.1, 0.15) is 0 Å². The Balaban J connectivity index is 0. The van der Waals surface area contributed by atoms with Gasteiger partial charge in [-0.3, -0.25) is 0 Å². The van der Waals surface area contributed by atoms with Gasteiger partial charge in [0.25, 0.3) is 0 Å². The van der Waals surface area contributed by atoms with E-state index in [1.54, 1.807) is 0 Å². The molecule has 0 spiro atoms. The van der Waals surface area contributed by atoms with Crippen molar-refractivity contribution in [3.8, 4) is 0 Å². The van der Waals surface area contributed by atoms with Crippen LogP contribution in [0.25, 0.3) is 0 Å². The number of carbonyl (C=O) groups excluding carboxylic acids is 1. The minimum atomic E-state index is -0.196. The maximum Gasteiger partial charge on any atom is 0.0797 e. The number of carbonyl (C=O) groups is 1. The fraction of sp³-hybridized carbons (Fsp3) is 0.667. The molecule has 0 aromatic carbocycles. The Bertz CT molecular complexity index is 83.1. The van der Waals surface area contributed by atoms with Gasteiger partial charge >= 0.3 is 0 Å². The van der Waals surface area contributed by atoms with Crippen LogP contribution in [0.3, 0.4) is 0 Å². The molecule has 0 heterocycles. The molecule has 0 atom stereocenters. The number of amides is 1. The van der Waals surface area contributed by atoms with Crippen LogP contribution in [0.15, 0.2) is 0 Å². The predicted molar refractivity (Wildman–Crippen MR) is 33.2 cm³/mol. The summed E-state index contributed by atoms with van der Waals surface area (Å²) in [5.41, 5.74) is 0. The fourth-order valence-electron chi connectivity index (χ4n) is 0.318. The second-order valence-electron chi connectivity index (χ2n) is 2.20. The van der Waals surface area contributed by atoms with E-state index < -0.39 is 0 Å². The van der Waals surface area contributed by atoms with Gasteiger partial charge in [0.15, 0.2) is 0 Å². The Morgan fingerprint density at radius 1 is 1.67 bits per heavy atom. The van der Waals surface area contributed by atoms with Crippen LogP contribution in [0.2, 0.25) is 0 Å². The van der Waals surface area contributed by atoms with Gasteiger partial charge in [-0.1, -0.05) is 13.8 Å². The first-order valence-corrected chi connectivity index (χ1v) is 2.72. The molecule has 51 valence electrons. The maximum absolute atomic E-state index is 10.1. The van der Waals surface area contributed by atoms with Crippen LogP contribution in [0, 0.1) is 12.8 Å². The van der Waals surface area contributed by atoms with Crippen molar-refractivity contribution in [2.75, 3.05) is 6.54 Å². The average Bonchev–Trinajstić information content (AvgIpc) is 1.61. The summed E-state index contributed by atoms with van der Waals surface area (Å²) in [6, 6.07) is 0. The van der Waals surface area contributed by atoms with Crippen molar-refractivity contribution in [2.45, 2.75) is 13.8 Å². The quantitative estimate of drug-likeness (QED) is 0.654. The summed E-state index contributed by atoms with van der Waals surface area (Å²) in [6.45, 7) is 7.96. The van der Waals surface area contributed by atoms with Crippen molar-refractivity contribution in [3.63, 3.8) is 0 Å². The summed E-state index contributed by atoms with van der Waals surface area (Å²) in [4.78, 5) is 10.1. The molecule has 0 aromatic heterocycles. The van der Waals surface area contributed by atoms with Gasteiger partial charge in [-0.05, 0) is 5.92 Å². The van der Waals surface area contributed by atoms with E-state index in [0.717, 1.165) is 6.54 Å². The van der Waals surface area contributed by atoms with E-state index in [4.69, 9.17) is 0 Å². The van der Waals surface area contributed by atoms with Crippen molar-refractivity contribution in [1.29, 1.82) is 0 Å². The van der Waals surface area contributed by atoms with Crippen LogP contribution >= 0.6 is 0 Å². The second kappa shape index (κ2) is 6.56. The molecule has 0 aliphatic heterocycles. The van der Waals surface area contributed by atoms with E-state index >= 15 is 0 Å². The summed E-state index contributed by atoms with van der Waals surface area (Å²) in [6.07, 6.45) is 0. The zero-order chi connectivity index (χ0) is 6.57. The van der Waals surface area contributed by atoms with Gasteiger partial charge in [-0.15, -0.1) is 0 Å². The number of hydrogen-bond acceptors (Lipinski definition) is 1. The van der Waals surface area contributed by atoms with Gasteiger partial charge in [-0.25, -0.2) is 0 Å². The van der Waals surface area contributed by atoms with Crippen LogP contribution < -0.4 is 5.32 Å². The molecule has 9 heavy (non-hydrogen) atoms. The Morgan fingerprint density at radius 2 is 2.11 bits per heavy atom. The summed E-state index contributed by atoms with van der Waals surface area (Å²) < 4.78 is 0. The van der Waals surface area contributed by atoms with Gasteiger partial charge < -0.3 is 17.0 Å². The maximum atomic E-state index is 10.1. The molecule has 0 aromatic rings. The Hall–Kier alpha value is 0.444. The fourth-order valence-corrected chi connectivity index (χ4v) is 0.318. The van der Waals surface area contributed by atoms with E-state index in [1.165, 1.54) is 0 Å². The van der Waals surface area contributed by atoms with Crippen LogP contribution in [-0.4, -0.2) is 12.5 Å². The topological polar surface area (TPSA) is 29.1 Å². The van der Waals surface area contributed by atoms with E-state index in [9.17, 15) is 4.79 Å². The summed E-state index contributed by atoms with van der Waals surface area (Å²) in [7, 11) is 0. The Morgan fingerprint density at radius 3 is 2.22 bits per heavy atom. The first-order chi connectivity index (χ1) is 3.63. The summed E-state index contributed by atoms with van der Waals surface area (Å²) >= 11 is 0. The Labute approximate surface area is 81.7 Å². The smallest absolute Gasteiger partial charge is 0.0797 e. The van der Waals surface area contributed by atoms with Gasteiger partial charge in [0, 0.05) is 39.3 Å². The SMILES string of the molecule is [CH2-]C(=O)NCC(C)C.[Y]. The van der Waals surface area contributed by atoms with Crippen LogP contribution in [-0.2, 0) is 37.5 Å².